The quantitative estimate of drug-likeness (QED) is 0.617. The molecular formula is C8H6INO2S. The average molecular weight is 307 g/mol. The van der Waals surface area contributed by atoms with Crippen LogP contribution in [0.1, 0.15) is 5.56 Å². The molecule has 0 atom stereocenters. The second kappa shape index (κ2) is 4.07. The van der Waals surface area contributed by atoms with Crippen molar-refractivity contribution in [2.75, 3.05) is 3.76 Å². The fraction of sp³-hybridized carbons (Fsp3) is 0.125. The van der Waals surface area contributed by atoms with Gasteiger partial charge in [0.1, 0.15) is 9.83 Å². The molecule has 0 bridgehead atoms. The largest absolute Gasteiger partial charge is 0.223 e. The van der Waals surface area contributed by atoms with Gasteiger partial charge in [0.25, 0.3) is 0 Å². The molecule has 68 valence electrons. The number of halogens is 1. The molecule has 1 rings (SSSR count). The van der Waals surface area contributed by atoms with Crippen molar-refractivity contribution in [1.29, 1.82) is 5.26 Å². The summed E-state index contributed by atoms with van der Waals surface area (Å²) in [6, 6.07) is 8.06. The normalized spacial score (nSPS) is 10.8. The molecule has 1 aromatic rings. The van der Waals surface area contributed by atoms with E-state index in [1.54, 1.807) is 34.7 Å². The predicted octanol–water partition coefficient (Wildman–Crippen LogP) is 1.72. The summed E-state index contributed by atoms with van der Waals surface area (Å²) in [7, 11) is -3.28. The summed E-state index contributed by atoms with van der Waals surface area (Å²) >= 11 is 1.77. The maximum atomic E-state index is 11.4. The van der Waals surface area contributed by atoms with E-state index in [0.29, 0.717) is 0 Å². The SMILES string of the molecule is N#Cc1ccccc1S(=O)(=O)CI. The van der Waals surface area contributed by atoms with Gasteiger partial charge in [-0.1, -0.05) is 34.7 Å². The Labute approximate surface area is 90.4 Å². The van der Waals surface area contributed by atoms with E-state index in [1.165, 1.54) is 12.1 Å². The summed E-state index contributed by atoms with van der Waals surface area (Å²) in [6.45, 7) is 0. The summed E-state index contributed by atoms with van der Waals surface area (Å²) in [4.78, 5) is 0.118. The first-order chi connectivity index (χ1) is 6.11. The highest BCUT2D eigenvalue weighted by Crippen LogP contribution is 2.17. The van der Waals surface area contributed by atoms with Crippen LogP contribution in [0.3, 0.4) is 0 Å². The van der Waals surface area contributed by atoms with E-state index in [0.717, 1.165) is 0 Å². The van der Waals surface area contributed by atoms with Gasteiger partial charge in [-0.2, -0.15) is 5.26 Å². The van der Waals surface area contributed by atoms with Crippen LogP contribution in [0.4, 0.5) is 0 Å². The van der Waals surface area contributed by atoms with Gasteiger partial charge in [0.15, 0.2) is 9.84 Å². The molecule has 5 heteroatoms. The van der Waals surface area contributed by atoms with E-state index in [-0.39, 0.29) is 14.2 Å². The number of nitrogens with zero attached hydrogens (tertiary/aromatic N) is 1. The number of rotatable bonds is 2. The molecule has 0 unspecified atom stereocenters. The molecule has 3 nitrogen and oxygen atoms in total. The highest BCUT2D eigenvalue weighted by molar-refractivity contribution is 14.1. The number of sulfone groups is 1. The Balaban J connectivity index is 3.40. The van der Waals surface area contributed by atoms with E-state index in [9.17, 15) is 8.42 Å². The van der Waals surface area contributed by atoms with Gasteiger partial charge >= 0.3 is 0 Å². The van der Waals surface area contributed by atoms with Crippen molar-refractivity contribution in [1.82, 2.24) is 0 Å². The first kappa shape index (κ1) is 10.5. The van der Waals surface area contributed by atoms with Crippen LogP contribution in [0.25, 0.3) is 0 Å². The van der Waals surface area contributed by atoms with E-state index in [4.69, 9.17) is 5.26 Å². The summed E-state index contributed by atoms with van der Waals surface area (Å²) < 4.78 is 22.8. The molecule has 0 heterocycles. The lowest BCUT2D eigenvalue weighted by molar-refractivity contribution is 0.601. The lowest BCUT2D eigenvalue weighted by atomic mass is 10.2. The molecule has 13 heavy (non-hydrogen) atoms. The second-order valence-electron chi connectivity index (χ2n) is 2.33. The number of hydrogen-bond donors (Lipinski definition) is 0. The highest BCUT2D eigenvalue weighted by atomic mass is 127. The highest BCUT2D eigenvalue weighted by Gasteiger charge is 2.15. The molecule has 0 saturated carbocycles. The molecule has 0 saturated heterocycles. The Morgan fingerprint density at radius 2 is 2.00 bits per heavy atom. The molecule has 0 aliphatic carbocycles. The summed E-state index contributed by atoms with van der Waals surface area (Å²) in [5.74, 6) is 0. The second-order valence-corrected chi connectivity index (χ2v) is 6.09. The first-order valence-electron chi connectivity index (χ1n) is 3.39. The van der Waals surface area contributed by atoms with Crippen LogP contribution >= 0.6 is 22.6 Å². The smallest absolute Gasteiger partial charge is 0.188 e. The molecular weight excluding hydrogens is 301 g/mol. The third kappa shape index (κ3) is 2.19. The molecule has 0 aromatic heterocycles. The van der Waals surface area contributed by atoms with Gasteiger partial charge in [0, 0.05) is 0 Å². The van der Waals surface area contributed by atoms with Gasteiger partial charge in [0.2, 0.25) is 0 Å². The van der Waals surface area contributed by atoms with E-state index in [1.807, 2.05) is 6.07 Å². The molecule has 0 spiro atoms. The first-order valence-corrected chi connectivity index (χ1v) is 6.57. The fourth-order valence-electron chi connectivity index (χ4n) is 0.889. The number of hydrogen-bond acceptors (Lipinski definition) is 3. The molecule has 0 N–H and O–H groups in total. The van der Waals surface area contributed by atoms with Crippen LogP contribution in [0.2, 0.25) is 0 Å². The van der Waals surface area contributed by atoms with Gasteiger partial charge in [-0.05, 0) is 12.1 Å². The fourth-order valence-corrected chi connectivity index (χ4v) is 2.75. The number of benzene rings is 1. The minimum Gasteiger partial charge on any atom is -0.223 e. The van der Waals surface area contributed by atoms with E-state index in [2.05, 4.69) is 0 Å². The summed E-state index contributed by atoms with van der Waals surface area (Å²) in [5, 5.41) is 8.66. The Bertz CT molecular complexity index is 447. The third-order valence-electron chi connectivity index (χ3n) is 1.49. The van der Waals surface area contributed by atoms with Crippen LogP contribution in [0, 0.1) is 11.3 Å². The lowest BCUT2D eigenvalue weighted by Crippen LogP contribution is -2.03. The third-order valence-corrected chi connectivity index (χ3v) is 5.26. The molecule has 0 aliphatic rings. The Morgan fingerprint density at radius 3 is 2.54 bits per heavy atom. The zero-order chi connectivity index (χ0) is 9.90. The topological polar surface area (TPSA) is 57.9 Å². The monoisotopic (exact) mass is 307 g/mol. The van der Waals surface area contributed by atoms with Crippen LogP contribution in [-0.2, 0) is 9.84 Å². The lowest BCUT2D eigenvalue weighted by Gasteiger charge is -2.01. The van der Waals surface area contributed by atoms with Crippen molar-refractivity contribution < 1.29 is 8.42 Å². The van der Waals surface area contributed by atoms with Crippen molar-refractivity contribution in [3.05, 3.63) is 29.8 Å². The van der Waals surface area contributed by atoms with Gasteiger partial charge in [-0.15, -0.1) is 0 Å². The van der Waals surface area contributed by atoms with Crippen molar-refractivity contribution in [2.45, 2.75) is 4.90 Å². The minimum absolute atomic E-state index is 0.0105. The van der Waals surface area contributed by atoms with Crippen LogP contribution < -0.4 is 0 Å². The Morgan fingerprint density at radius 1 is 1.38 bits per heavy atom. The zero-order valence-electron chi connectivity index (χ0n) is 6.57. The zero-order valence-corrected chi connectivity index (χ0v) is 9.54. The maximum Gasteiger partial charge on any atom is 0.188 e. The molecule has 0 fully saturated rings. The van der Waals surface area contributed by atoms with Crippen molar-refractivity contribution in [2.24, 2.45) is 0 Å². The minimum atomic E-state index is -3.28. The summed E-state index contributed by atoms with van der Waals surface area (Å²) in [5.41, 5.74) is 0.208. The van der Waals surface area contributed by atoms with Gasteiger partial charge in [0.05, 0.1) is 10.5 Å². The number of nitriles is 1. The molecule has 0 radical (unpaired) electrons. The average Bonchev–Trinajstić information content (AvgIpc) is 2.18. The Hall–Kier alpha value is -0.610. The number of alkyl halides is 1. The molecule has 1 aromatic carbocycles. The van der Waals surface area contributed by atoms with Crippen LogP contribution in [0.5, 0.6) is 0 Å². The van der Waals surface area contributed by atoms with Gasteiger partial charge in [-0.3, -0.25) is 0 Å². The van der Waals surface area contributed by atoms with Gasteiger partial charge < -0.3 is 0 Å². The maximum absolute atomic E-state index is 11.4. The standard InChI is InChI=1S/C8H6INO2S/c9-6-13(11,12)8-4-2-1-3-7(8)5-10/h1-4H,6H2. The van der Waals surface area contributed by atoms with Crippen LogP contribution in [-0.4, -0.2) is 12.2 Å². The molecule has 0 aliphatic heterocycles. The van der Waals surface area contributed by atoms with Gasteiger partial charge in [-0.25, -0.2) is 8.42 Å². The molecule has 0 amide bonds. The van der Waals surface area contributed by atoms with Crippen molar-refractivity contribution in [3.8, 4) is 6.07 Å². The van der Waals surface area contributed by atoms with Crippen LogP contribution in [0.15, 0.2) is 29.2 Å². The summed E-state index contributed by atoms with van der Waals surface area (Å²) in [6.07, 6.45) is 0. The van der Waals surface area contributed by atoms with E-state index < -0.39 is 9.84 Å². The van der Waals surface area contributed by atoms with Crippen molar-refractivity contribution >= 4 is 32.4 Å². The predicted molar refractivity (Wildman–Crippen MR) is 57.2 cm³/mol. The Kier molecular flexibility index (Phi) is 3.27. The van der Waals surface area contributed by atoms with Crippen molar-refractivity contribution in [3.63, 3.8) is 0 Å². The van der Waals surface area contributed by atoms with E-state index >= 15 is 0 Å².